The molecule has 0 aliphatic carbocycles. The number of rotatable bonds is 8. The Morgan fingerprint density at radius 3 is 1.18 bits per heavy atom. The van der Waals surface area contributed by atoms with Gasteiger partial charge in [-0.25, -0.2) is 0 Å². The molecule has 22 heavy (non-hydrogen) atoms. The van der Waals surface area contributed by atoms with E-state index in [1.807, 2.05) is 0 Å². The molecular weight excluding hydrogens is 388 g/mol. The molecule has 0 radical (unpaired) electrons. The molecule has 0 aromatic heterocycles. The summed E-state index contributed by atoms with van der Waals surface area (Å²) < 4.78 is 56.4. The maximum atomic E-state index is 10.0. The number of aliphatic carboxylic acids is 2. The first-order chi connectivity index (χ1) is 9.65. The van der Waals surface area contributed by atoms with Crippen LogP contribution in [0.25, 0.3) is 0 Å². The van der Waals surface area contributed by atoms with Crippen molar-refractivity contribution in [1.29, 1.82) is 0 Å². The number of carboxylic acid groups (broad SMARTS) is 2. The summed E-state index contributed by atoms with van der Waals surface area (Å²) in [5.41, 5.74) is 9.86. The van der Waals surface area contributed by atoms with Gasteiger partial charge in [0.15, 0.2) is 0 Å². The summed E-state index contributed by atoms with van der Waals surface area (Å²) >= 11 is 0. The second-order valence-electron chi connectivity index (χ2n) is 3.31. The smallest absolute Gasteiger partial charge is 0.321 e. The summed E-state index contributed by atoms with van der Waals surface area (Å²) in [4.78, 5) is 20.0. The third kappa shape index (κ3) is 17.4. The van der Waals surface area contributed by atoms with Crippen molar-refractivity contribution in [1.82, 2.24) is 0 Å². The lowest BCUT2D eigenvalue weighted by Crippen LogP contribution is -2.32. The standard InChI is InChI=1S/2C3H7NO5S2/c2*4-2(3(5)6)1-10-11(7,8)9/h2*2H,1,4H2,(H,5,6)(H,7,8,9)/t2*2-/m00/s1. The third-order valence-electron chi connectivity index (χ3n) is 1.43. The summed E-state index contributed by atoms with van der Waals surface area (Å²) in [6.45, 7) is 0. The normalized spacial score (nSPS) is 14.4. The van der Waals surface area contributed by atoms with E-state index in [1.165, 1.54) is 0 Å². The molecule has 16 heteroatoms. The van der Waals surface area contributed by atoms with Crippen molar-refractivity contribution in [2.45, 2.75) is 12.1 Å². The van der Waals surface area contributed by atoms with Gasteiger partial charge in [0.25, 0.3) is 0 Å². The van der Waals surface area contributed by atoms with Gasteiger partial charge in [0.2, 0.25) is 0 Å². The van der Waals surface area contributed by atoms with Gasteiger partial charge in [-0.15, -0.1) is 0 Å². The number of hydrogen-bond acceptors (Lipinski definition) is 10. The van der Waals surface area contributed by atoms with E-state index >= 15 is 0 Å². The van der Waals surface area contributed by atoms with Gasteiger partial charge >= 0.3 is 30.2 Å². The van der Waals surface area contributed by atoms with Crippen LogP contribution in [0.4, 0.5) is 0 Å². The van der Waals surface area contributed by atoms with Crippen molar-refractivity contribution in [2.24, 2.45) is 11.5 Å². The molecule has 0 aliphatic rings. The lowest BCUT2D eigenvalue weighted by Gasteiger charge is -2.01. The fourth-order valence-corrected chi connectivity index (χ4v) is 3.29. The fourth-order valence-electron chi connectivity index (χ4n) is 0.461. The Morgan fingerprint density at radius 1 is 0.818 bits per heavy atom. The quantitative estimate of drug-likeness (QED) is 0.188. The SMILES string of the molecule is N[C@@H](CSS(=O)(=O)O)C(=O)O.N[C@@H](CSS(=O)(=O)O)C(=O)O. The van der Waals surface area contributed by atoms with E-state index in [2.05, 4.69) is 0 Å². The average Bonchev–Trinajstić information content (AvgIpc) is 2.31. The van der Waals surface area contributed by atoms with Crippen LogP contribution in [0.3, 0.4) is 0 Å². The zero-order valence-electron chi connectivity index (χ0n) is 10.6. The van der Waals surface area contributed by atoms with E-state index in [0.717, 1.165) is 0 Å². The van der Waals surface area contributed by atoms with E-state index in [4.69, 9.17) is 30.8 Å². The summed E-state index contributed by atoms with van der Waals surface area (Å²) in [5.74, 6) is -3.34. The van der Waals surface area contributed by atoms with Crippen LogP contribution in [0.2, 0.25) is 0 Å². The molecule has 132 valence electrons. The monoisotopic (exact) mass is 402 g/mol. The van der Waals surface area contributed by atoms with Crippen LogP contribution in [0.5, 0.6) is 0 Å². The van der Waals surface area contributed by atoms with Gasteiger partial charge in [0, 0.05) is 11.5 Å². The van der Waals surface area contributed by atoms with Gasteiger partial charge < -0.3 is 21.7 Å². The zero-order valence-corrected chi connectivity index (χ0v) is 13.9. The van der Waals surface area contributed by atoms with Crippen molar-refractivity contribution in [3.05, 3.63) is 0 Å². The Kier molecular flexibility index (Phi) is 11.0. The molecule has 0 bridgehead atoms. The molecule has 0 spiro atoms. The van der Waals surface area contributed by atoms with Crippen molar-refractivity contribution < 1.29 is 45.7 Å². The number of hydrogen-bond donors (Lipinski definition) is 6. The number of nitrogens with two attached hydrogens (primary N) is 2. The topological polar surface area (TPSA) is 235 Å². The molecule has 0 saturated carbocycles. The summed E-state index contributed by atoms with van der Waals surface area (Å²) in [6, 6.07) is -2.55. The highest BCUT2D eigenvalue weighted by atomic mass is 33.2. The molecule has 0 aromatic rings. The van der Waals surface area contributed by atoms with Gasteiger partial charge in [-0.2, -0.15) is 16.8 Å². The molecular formula is C6H14N2O10S4. The van der Waals surface area contributed by atoms with Crippen LogP contribution < -0.4 is 11.5 Å². The van der Waals surface area contributed by atoms with E-state index in [-0.39, 0.29) is 33.1 Å². The molecule has 0 amide bonds. The van der Waals surface area contributed by atoms with Gasteiger partial charge in [-0.05, 0) is 21.6 Å². The van der Waals surface area contributed by atoms with Gasteiger partial charge in [-0.3, -0.25) is 18.7 Å². The van der Waals surface area contributed by atoms with E-state index < -0.39 is 42.3 Å². The van der Waals surface area contributed by atoms with Crippen LogP contribution in [-0.2, 0) is 27.9 Å². The molecule has 0 aliphatic heterocycles. The molecule has 2 atom stereocenters. The third-order valence-corrected chi connectivity index (χ3v) is 5.62. The van der Waals surface area contributed by atoms with Crippen LogP contribution >= 0.6 is 21.6 Å². The molecule has 0 saturated heterocycles. The molecule has 12 nitrogen and oxygen atoms in total. The van der Waals surface area contributed by atoms with Crippen LogP contribution in [0.15, 0.2) is 0 Å². The highest BCUT2D eigenvalue weighted by molar-refractivity contribution is 8.70. The van der Waals surface area contributed by atoms with Crippen molar-refractivity contribution in [3.63, 3.8) is 0 Å². The van der Waals surface area contributed by atoms with Crippen molar-refractivity contribution in [2.75, 3.05) is 11.5 Å². The van der Waals surface area contributed by atoms with Gasteiger partial charge in [0.1, 0.15) is 12.1 Å². The maximum Gasteiger partial charge on any atom is 0.321 e. The maximum absolute atomic E-state index is 10.0. The number of carboxylic acids is 2. The Hall–Kier alpha value is -0.620. The van der Waals surface area contributed by atoms with Crippen molar-refractivity contribution >= 4 is 51.8 Å². The Bertz CT molecular complexity index is 520. The highest BCUT2D eigenvalue weighted by Gasteiger charge is 2.16. The minimum atomic E-state index is -4.18. The number of carbonyl (C=O) groups is 2. The van der Waals surface area contributed by atoms with E-state index in [1.54, 1.807) is 0 Å². The second kappa shape index (κ2) is 10.2. The molecule has 0 aromatic carbocycles. The Balaban J connectivity index is 0. The lowest BCUT2D eigenvalue weighted by molar-refractivity contribution is -0.138. The van der Waals surface area contributed by atoms with Crippen LogP contribution in [0.1, 0.15) is 0 Å². The molecule has 8 N–H and O–H groups in total. The first-order valence-corrected chi connectivity index (χ1v) is 10.7. The van der Waals surface area contributed by atoms with Crippen LogP contribution in [-0.4, -0.2) is 71.7 Å². The van der Waals surface area contributed by atoms with Crippen LogP contribution in [0, 0.1) is 0 Å². The predicted molar refractivity (Wildman–Crippen MR) is 79.2 cm³/mol. The summed E-state index contributed by atoms with van der Waals surface area (Å²) in [6.07, 6.45) is 0. The largest absolute Gasteiger partial charge is 0.480 e. The minimum absolute atomic E-state index is 0.0919. The van der Waals surface area contributed by atoms with E-state index in [0.29, 0.717) is 0 Å². The second-order valence-corrected chi connectivity index (χ2v) is 10.1. The first-order valence-electron chi connectivity index (χ1n) is 4.86. The first kappa shape index (κ1) is 23.6. The fraction of sp³-hybridized carbons (Fsp3) is 0.667. The molecule has 0 unspecified atom stereocenters. The minimum Gasteiger partial charge on any atom is -0.480 e. The predicted octanol–water partition coefficient (Wildman–Crippen LogP) is -2.13. The lowest BCUT2D eigenvalue weighted by atomic mass is 10.4. The zero-order chi connectivity index (χ0) is 18.1. The molecule has 0 heterocycles. The summed E-state index contributed by atoms with van der Waals surface area (Å²) in [5, 5.41) is 16.3. The highest BCUT2D eigenvalue weighted by Crippen LogP contribution is 2.10. The van der Waals surface area contributed by atoms with E-state index in [9.17, 15) is 26.4 Å². The van der Waals surface area contributed by atoms with Gasteiger partial charge in [0.05, 0.1) is 0 Å². The average molecular weight is 402 g/mol. The Morgan fingerprint density at radius 2 is 1.05 bits per heavy atom. The molecule has 0 rings (SSSR count). The van der Waals surface area contributed by atoms with Crippen molar-refractivity contribution in [3.8, 4) is 0 Å². The Labute approximate surface area is 132 Å². The summed E-state index contributed by atoms with van der Waals surface area (Å²) in [7, 11) is -8.17. The molecule has 0 fully saturated rings. The van der Waals surface area contributed by atoms with Gasteiger partial charge in [-0.1, -0.05) is 0 Å².